The topological polar surface area (TPSA) is 42.0 Å². The molecule has 0 spiro atoms. The zero-order valence-electron chi connectivity index (χ0n) is 18.8. The van der Waals surface area contributed by atoms with Gasteiger partial charge in [-0.3, -0.25) is 9.69 Å². The molecule has 1 saturated heterocycles. The molecule has 1 fully saturated rings. The molecule has 1 aromatic heterocycles. The Morgan fingerprint density at radius 1 is 1.13 bits per heavy atom. The molecular formula is C25H32N2O3S. The minimum atomic E-state index is 0.231. The molecule has 2 aromatic rings. The lowest BCUT2D eigenvalue weighted by molar-refractivity contribution is 0.0627. The molecule has 5 rings (SSSR count). The second-order valence-corrected chi connectivity index (χ2v) is 11.1. The standard InChI is InChI=1S/C25H32N2O3S/c1-25(2,3)18-5-6-19-20(15-31-23(19)13-18)24(28)27-10-8-26(9-11-27)14-17-4-7-21-22(12-17)30-16-29-21/h4,7,12,15,18H,5-6,8-11,13-14,16H2,1-3H3. The Kier molecular flexibility index (Phi) is 5.47. The summed E-state index contributed by atoms with van der Waals surface area (Å²) >= 11 is 1.80. The van der Waals surface area contributed by atoms with Crippen molar-refractivity contribution in [3.05, 3.63) is 45.1 Å². The van der Waals surface area contributed by atoms with E-state index in [1.54, 1.807) is 11.3 Å². The summed E-state index contributed by atoms with van der Waals surface area (Å²) in [6.07, 6.45) is 3.36. The molecular weight excluding hydrogens is 408 g/mol. The Bertz CT molecular complexity index is 970. The molecule has 3 aliphatic rings. The minimum Gasteiger partial charge on any atom is -0.454 e. The summed E-state index contributed by atoms with van der Waals surface area (Å²) in [5.41, 5.74) is 3.86. The fraction of sp³-hybridized carbons (Fsp3) is 0.560. The number of piperazine rings is 1. The monoisotopic (exact) mass is 440 g/mol. The quantitative estimate of drug-likeness (QED) is 0.700. The second-order valence-electron chi connectivity index (χ2n) is 10.1. The van der Waals surface area contributed by atoms with E-state index in [0.717, 1.165) is 62.6 Å². The van der Waals surface area contributed by atoms with Crippen LogP contribution in [0.2, 0.25) is 0 Å². The van der Waals surface area contributed by atoms with E-state index in [1.807, 2.05) is 11.0 Å². The fourth-order valence-corrected chi connectivity index (χ4v) is 6.16. The molecule has 31 heavy (non-hydrogen) atoms. The first-order chi connectivity index (χ1) is 14.9. The van der Waals surface area contributed by atoms with Crippen molar-refractivity contribution in [3.8, 4) is 11.5 Å². The molecule has 0 N–H and O–H groups in total. The summed E-state index contributed by atoms with van der Waals surface area (Å²) < 4.78 is 10.9. The Labute approximate surface area is 188 Å². The number of amides is 1. The Balaban J connectivity index is 1.19. The van der Waals surface area contributed by atoms with Gasteiger partial charge in [0.1, 0.15) is 0 Å². The predicted molar refractivity (Wildman–Crippen MR) is 123 cm³/mol. The van der Waals surface area contributed by atoms with Crippen molar-refractivity contribution in [2.24, 2.45) is 11.3 Å². The Hall–Kier alpha value is -2.05. The van der Waals surface area contributed by atoms with E-state index in [2.05, 4.69) is 43.2 Å². The maximum absolute atomic E-state index is 13.3. The van der Waals surface area contributed by atoms with Gasteiger partial charge in [0.15, 0.2) is 11.5 Å². The molecule has 1 amide bonds. The van der Waals surface area contributed by atoms with Crippen molar-refractivity contribution < 1.29 is 14.3 Å². The molecule has 0 saturated carbocycles. The van der Waals surface area contributed by atoms with E-state index >= 15 is 0 Å². The van der Waals surface area contributed by atoms with Crippen LogP contribution in [0.5, 0.6) is 11.5 Å². The molecule has 6 heteroatoms. The number of hydrogen-bond donors (Lipinski definition) is 0. The van der Waals surface area contributed by atoms with Gasteiger partial charge in [-0.25, -0.2) is 0 Å². The van der Waals surface area contributed by atoms with Crippen LogP contribution in [-0.2, 0) is 19.4 Å². The van der Waals surface area contributed by atoms with Crippen LogP contribution in [0.3, 0.4) is 0 Å². The zero-order valence-corrected chi connectivity index (χ0v) is 19.6. The smallest absolute Gasteiger partial charge is 0.255 e. The highest BCUT2D eigenvalue weighted by Crippen LogP contribution is 2.41. The van der Waals surface area contributed by atoms with Gasteiger partial charge in [0, 0.05) is 43.0 Å². The van der Waals surface area contributed by atoms with Gasteiger partial charge in [0.2, 0.25) is 6.79 Å². The van der Waals surface area contributed by atoms with Crippen molar-refractivity contribution >= 4 is 17.2 Å². The van der Waals surface area contributed by atoms with Crippen LogP contribution in [0.15, 0.2) is 23.6 Å². The van der Waals surface area contributed by atoms with Crippen LogP contribution in [0.4, 0.5) is 0 Å². The van der Waals surface area contributed by atoms with Gasteiger partial charge in [-0.1, -0.05) is 26.8 Å². The lowest BCUT2D eigenvalue weighted by atomic mass is 9.72. The van der Waals surface area contributed by atoms with Crippen molar-refractivity contribution in [1.29, 1.82) is 0 Å². The van der Waals surface area contributed by atoms with E-state index in [4.69, 9.17) is 9.47 Å². The largest absolute Gasteiger partial charge is 0.454 e. The van der Waals surface area contributed by atoms with Gasteiger partial charge >= 0.3 is 0 Å². The van der Waals surface area contributed by atoms with Crippen molar-refractivity contribution in [2.75, 3.05) is 33.0 Å². The summed E-state index contributed by atoms with van der Waals surface area (Å²) in [5, 5.41) is 2.12. The minimum absolute atomic E-state index is 0.231. The lowest BCUT2D eigenvalue weighted by Gasteiger charge is -2.36. The second kappa shape index (κ2) is 8.14. The summed E-state index contributed by atoms with van der Waals surface area (Å²) in [5.74, 6) is 2.60. The summed E-state index contributed by atoms with van der Waals surface area (Å²) in [6.45, 7) is 11.6. The van der Waals surface area contributed by atoms with Gasteiger partial charge < -0.3 is 14.4 Å². The first kappa shape index (κ1) is 20.8. The average molecular weight is 441 g/mol. The van der Waals surface area contributed by atoms with Crippen molar-refractivity contribution in [2.45, 2.75) is 46.6 Å². The van der Waals surface area contributed by atoms with E-state index in [-0.39, 0.29) is 5.91 Å². The molecule has 0 radical (unpaired) electrons. The highest BCUT2D eigenvalue weighted by atomic mass is 32.1. The number of carbonyl (C=O) groups is 1. The summed E-state index contributed by atoms with van der Waals surface area (Å²) in [6, 6.07) is 6.16. The third-order valence-electron chi connectivity index (χ3n) is 7.11. The number of nitrogens with zero attached hydrogens (tertiary/aromatic N) is 2. The molecule has 1 unspecified atom stereocenters. The zero-order chi connectivity index (χ0) is 21.6. The van der Waals surface area contributed by atoms with E-state index in [0.29, 0.717) is 18.1 Å². The highest BCUT2D eigenvalue weighted by molar-refractivity contribution is 7.10. The molecule has 3 heterocycles. The molecule has 1 aromatic carbocycles. The lowest BCUT2D eigenvalue weighted by Crippen LogP contribution is -2.48. The van der Waals surface area contributed by atoms with Crippen molar-refractivity contribution in [3.63, 3.8) is 0 Å². The van der Waals surface area contributed by atoms with Crippen LogP contribution in [0.25, 0.3) is 0 Å². The number of rotatable bonds is 3. The van der Waals surface area contributed by atoms with E-state index in [9.17, 15) is 4.79 Å². The van der Waals surface area contributed by atoms with Crippen LogP contribution >= 0.6 is 11.3 Å². The van der Waals surface area contributed by atoms with Gasteiger partial charge in [-0.15, -0.1) is 11.3 Å². The van der Waals surface area contributed by atoms with E-state index < -0.39 is 0 Å². The third-order valence-corrected chi connectivity index (χ3v) is 8.16. The van der Waals surface area contributed by atoms with Gasteiger partial charge in [-0.05, 0) is 53.9 Å². The van der Waals surface area contributed by atoms with Gasteiger partial charge in [0.05, 0.1) is 5.56 Å². The SMILES string of the molecule is CC(C)(C)C1CCc2c(C(=O)N3CCN(Cc4ccc5c(c4)OCO5)CC3)csc2C1. The molecule has 166 valence electrons. The van der Waals surface area contributed by atoms with Crippen LogP contribution in [-0.4, -0.2) is 48.7 Å². The molecule has 1 aliphatic carbocycles. The average Bonchev–Trinajstić information content (AvgIpc) is 3.39. The normalized spacial score (nSPS) is 21.3. The van der Waals surface area contributed by atoms with Gasteiger partial charge in [0.25, 0.3) is 5.91 Å². The van der Waals surface area contributed by atoms with Gasteiger partial charge in [-0.2, -0.15) is 0 Å². The highest BCUT2D eigenvalue weighted by Gasteiger charge is 2.33. The molecule has 5 nitrogen and oxygen atoms in total. The van der Waals surface area contributed by atoms with Crippen molar-refractivity contribution in [1.82, 2.24) is 9.80 Å². The fourth-order valence-electron chi connectivity index (χ4n) is 5.01. The first-order valence-electron chi connectivity index (χ1n) is 11.4. The predicted octanol–water partition coefficient (Wildman–Crippen LogP) is 4.59. The summed E-state index contributed by atoms with van der Waals surface area (Å²) in [4.78, 5) is 19.2. The third kappa shape index (κ3) is 4.20. The Morgan fingerprint density at radius 3 is 2.68 bits per heavy atom. The maximum atomic E-state index is 13.3. The van der Waals surface area contributed by atoms with Crippen LogP contribution < -0.4 is 9.47 Å². The molecule has 1 atom stereocenters. The molecule has 2 aliphatic heterocycles. The number of hydrogen-bond acceptors (Lipinski definition) is 5. The number of carbonyl (C=O) groups excluding carboxylic acids is 1. The number of ether oxygens (including phenoxy) is 2. The van der Waals surface area contributed by atoms with Crippen LogP contribution in [0.1, 0.15) is 53.6 Å². The number of thiophene rings is 1. The first-order valence-corrected chi connectivity index (χ1v) is 12.3. The number of benzene rings is 1. The van der Waals surface area contributed by atoms with Crippen LogP contribution in [0, 0.1) is 11.3 Å². The Morgan fingerprint density at radius 2 is 1.90 bits per heavy atom. The maximum Gasteiger partial charge on any atom is 0.255 e. The summed E-state index contributed by atoms with van der Waals surface area (Å²) in [7, 11) is 0. The van der Waals surface area contributed by atoms with E-state index in [1.165, 1.54) is 22.4 Å². The number of fused-ring (bicyclic) bond motifs is 2. The molecule has 0 bridgehead atoms.